The van der Waals surface area contributed by atoms with Crippen LogP contribution in [0.5, 0.6) is 5.75 Å². The van der Waals surface area contributed by atoms with Crippen LogP contribution in [0, 0.1) is 0 Å². The number of anilines is 1. The fraction of sp³-hybridized carbons (Fsp3) is 0.412. The molecule has 0 amide bonds. The molecule has 5 nitrogen and oxygen atoms in total. The van der Waals surface area contributed by atoms with Crippen molar-refractivity contribution in [2.45, 2.75) is 38.0 Å². The largest absolute Gasteiger partial charge is 0.496 e. The minimum Gasteiger partial charge on any atom is -0.496 e. The number of pyridine rings is 1. The third-order valence-corrected chi connectivity index (χ3v) is 4.49. The molecule has 0 bridgehead atoms. The summed E-state index contributed by atoms with van der Waals surface area (Å²) in [6, 6.07) is 5.54. The lowest BCUT2D eigenvalue weighted by atomic mass is 9.80. The lowest BCUT2D eigenvalue weighted by Gasteiger charge is -2.26. The van der Waals surface area contributed by atoms with Gasteiger partial charge in [-0.3, -0.25) is 0 Å². The summed E-state index contributed by atoms with van der Waals surface area (Å²) in [6.45, 7) is 0. The maximum absolute atomic E-state index is 11.8. The Balaban J connectivity index is 2.36. The minimum atomic E-state index is -1.02. The first-order chi connectivity index (χ1) is 10.6. The Morgan fingerprint density at radius 3 is 2.68 bits per heavy atom. The van der Waals surface area contributed by atoms with Crippen LogP contribution in [0.2, 0.25) is 0 Å². The van der Waals surface area contributed by atoms with Crippen molar-refractivity contribution in [3.05, 3.63) is 29.3 Å². The van der Waals surface area contributed by atoms with Crippen LogP contribution in [0.15, 0.2) is 18.2 Å². The summed E-state index contributed by atoms with van der Waals surface area (Å²) in [5, 5.41) is 10.4. The second-order valence-corrected chi connectivity index (χ2v) is 5.78. The molecule has 0 radical (unpaired) electrons. The molecule has 0 aliphatic heterocycles. The van der Waals surface area contributed by atoms with Crippen molar-refractivity contribution in [3.63, 3.8) is 0 Å². The van der Waals surface area contributed by atoms with Gasteiger partial charge in [0.25, 0.3) is 0 Å². The number of nitrogens with two attached hydrogens (primary N) is 1. The molecular formula is C17H20N2O3. The predicted octanol–water partition coefficient (Wildman–Crippen LogP) is 3.57. The monoisotopic (exact) mass is 300 g/mol. The molecule has 22 heavy (non-hydrogen) atoms. The van der Waals surface area contributed by atoms with Crippen molar-refractivity contribution < 1.29 is 14.6 Å². The fourth-order valence-corrected chi connectivity index (χ4v) is 3.53. The molecular weight excluding hydrogens is 280 g/mol. The number of ether oxygens (including phenoxy) is 1. The maximum Gasteiger partial charge on any atom is 0.339 e. The average molecular weight is 300 g/mol. The van der Waals surface area contributed by atoms with Crippen LogP contribution in [0.3, 0.4) is 0 Å². The van der Waals surface area contributed by atoms with E-state index < -0.39 is 5.97 Å². The Bertz CT molecular complexity index is 721. The smallest absolute Gasteiger partial charge is 0.339 e. The zero-order valence-corrected chi connectivity index (χ0v) is 12.6. The van der Waals surface area contributed by atoms with Gasteiger partial charge in [-0.1, -0.05) is 25.3 Å². The van der Waals surface area contributed by atoms with E-state index in [4.69, 9.17) is 10.5 Å². The number of carboxylic acids is 1. The minimum absolute atomic E-state index is 0.0915. The van der Waals surface area contributed by atoms with E-state index in [0.29, 0.717) is 11.3 Å². The van der Waals surface area contributed by atoms with Gasteiger partial charge in [0, 0.05) is 5.39 Å². The summed E-state index contributed by atoms with van der Waals surface area (Å²) in [7, 11) is 1.59. The number of carbonyl (C=O) groups is 1. The molecule has 1 saturated carbocycles. The molecule has 0 saturated heterocycles. The number of fused-ring (bicyclic) bond motifs is 1. The number of rotatable bonds is 3. The van der Waals surface area contributed by atoms with Gasteiger partial charge >= 0.3 is 5.97 Å². The molecule has 0 unspecified atom stereocenters. The summed E-state index contributed by atoms with van der Waals surface area (Å²) in [5.74, 6) is -0.0655. The number of benzene rings is 1. The number of hydrogen-bond acceptors (Lipinski definition) is 4. The zero-order chi connectivity index (χ0) is 15.7. The van der Waals surface area contributed by atoms with Gasteiger partial charge in [-0.25, -0.2) is 9.78 Å². The Labute approximate surface area is 129 Å². The molecule has 1 fully saturated rings. The highest BCUT2D eigenvalue weighted by atomic mass is 16.5. The molecule has 1 aliphatic carbocycles. The highest BCUT2D eigenvalue weighted by molar-refractivity contribution is 6.03. The van der Waals surface area contributed by atoms with E-state index in [0.717, 1.165) is 36.6 Å². The Kier molecular flexibility index (Phi) is 3.88. The number of methoxy groups -OCH3 is 1. The fourth-order valence-electron chi connectivity index (χ4n) is 3.53. The molecule has 1 heterocycles. The van der Waals surface area contributed by atoms with Crippen LogP contribution >= 0.6 is 0 Å². The second-order valence-electron chi connectivity index (χ2n) is 5.78. The highest BCUT2D eigenvalue weighted by Gasteiger charge is 2.28. The quantitative estimate of drug-likeness (QED) is 0.905. The van der Waals surface area contributed by atoms with Crippen molar-refractivity contribution in [1.29, 1.82) is 0 Å². The second kappa shape index (κ2) is 5.83. The first-order valence-corrected chi connectivity index (χ1v) is 7.63. The van der Waals surface area contributed by atoms with Crippen LogP contribution in [0.25, 0.3) is 10.9 Å². The van der Waals surface area contributed by atoms with Gasteiger partial charge in [-0.2, -0.15) is 0 Å². The van der Waals surface area contributed by atoms with Crippen molar-refractivity contribution in [2.75, 3.05) is 12.8 Å². The number of nitrogens with zero attached hydrogens (tertiary/aromatic N) is 1. The maximum atomic E-state index is 11.8. The SMILES string of the molecule is COc1cccc2nc(N)c(C(=O)O)c(C3CCCCC3)c12. The normalized spacial score (nSPS) is 15.9. The summed E-state index contributed by atoms with van der Waals surface area (Å²) in [5.41, 5.74) is 7.59. The van der Waals surface area contributed by atoms with Gasteiger partial charge in [0.05, 0.1) is 12.6 Å². The van der Waals surface area contributed by atoms with Gasteiger partial charge in [-0.05, 0) is 36.5 Å². The number of hydrogen-bond donors (Lipinski definition) is 2. The number of aromatic nitrogens is 1. The number of nitrogen functional groups attached to an aromatic ring is 1. The van der Waals surface area contributed by atoms with Gasteiger partial charge in [0.15, 0.2) is 0 Å². The van der Waals surface area contributed by atoms with Crippen molar-refractivity contribution >= 4 is 22.7 Å². The zero-order valence-electron chi connectivity index (χ0n) is 12.6. The van der Waals surface area contributed by atoms with Gasteiger partial charge in [0.2, 0.25) is 0 Å². The summed E-state index contributed by atoms with van der Waals surface area (Å²) in [6.07, 6.45) is 5.40. The van der Waals surface area contributed by atoms with Crippen molar-refractivity contribution in [3.8, 4) is 5.75 Å². The molecule has 1 aromatic carbocycles. The van der Waals surface area contributed by atoms with E-state index in [-0.39, 0.29) is 17.3 Å². The van der Waals surface area contributed by atoms with E-state index in [1.807, 2.05) is 18.2 Å². The molecule has 116 valence electrons. The van der Waals surface area contributed by atoms with E-state index >= 15 is 0 Å². The molecule has 5 heteroatoms. The Morgan fingerprint density at radius 1 is 1.32 bits per heavy atom. The lowest BCUT2D eigenvalue weighted by Crippen LogP contribution is -2.15. The van der Waals surface area contributed by atoms with Gasteiger partial charge in [-0.15, -0.1) is 0 Å². The van der Waals surface area contributed by atoms with Crippen LogP contribution < -0.4 is 10.5 Å². The summed E-state index contributed by atoms with van der Waals surface area (Å²) >= 11 is 0. The van der Waals surface area contributed by atoms with Crippen LogP contribution in [-0.4, -0.2) is 23.2 Å². The van der Waals surface area contributed by atoms with Gasteiger partial charge < -0.3 is 15.6 Å². The van der Waals surface area contributed by atoms with E-state index in [9.17, 15) is 9.90 Å². The third kappa shape index (κ3) is 2.36. The lowest BCUT2D eigenvalue weighted by molar-refractivity contribution is 0.0696. The average Bonchev–Trinajstić information content (AvgIpc) is 2.53. The summed E-state index contributed by atoms with van der Waals surface area (Å²) < 4.78 is 5.46. The number of aromatic carboxylic acids is 1. The molecule has 3 N–H and O–H groups in total. The van der Waals surface area contributed by atoms with Crippen molar-refractivity contribution in [2.24, 2.45) is 0 Å². The Morgan fingerprint density at radius 2 is 2.05 bits per heavy atom. The van der Waals surface area contributed by atoms with E-state index in [1.54, 1.807) is 7.11 Å². The van der Waals surface area contributed by atoms with Crippen molar-refractivity contribution in [1.82, 2.24) is 4.98 Å². The van der Waals surface area contributed by atoms with Gasteiger partial charge in [0.1, 0.15) is 17.1 Å². The third-order valence-electron chi connectivity index (χ3n) is 4.49. The molecule has 1 aromatic heterocycles. The molecule has 0 spiro atoms. The highest BCUT2D eigenvalue weighted by Crippen LogP contribution is 2.42. The molecule has 1 aliphatic rings. The molecule has 3 rings (SSSR count). The first-order valence-electron chi connectivity index (χ1n) is 7.63. The van der Waals surface area contributed by atoms with E-state index in [2.05, 4.69) is 4.98 Å². The molecule has 0 atom stereocenters. The number of carboxylic acid groups (broad SMARTS) is 1. The van der Waals surface area contributed by atoms with E-state index in [1.165, 1.54) is 6.42 Å². The first kappa shape index (κ1) is 14.6. The van der Waals surface area contributed by atoms with Crippen LogP contribution in [0.4, 0.5) is 5.82 Å². The summed E-state index contributed by atoms with van der Waals surface area (Å²) in [4.78, 5) is 16.0. The van der Waals surface area contributed by atoms with Crippen LogP contribution in [0.1, 0.15) is 53.9 Å². The topological polar surface area (TPSA) is 85.4 Å². The Hall–Kier alpha value is -2.30. The van der Waals surface area contributed by atoms with Crippen LogP contribution in [-0.2, 0) is 0 Å². The predicted molar refractivity (Wildman–Crippen MR) is 85.5 cm³/mol. The molecule has 2 aromatic rings. The standard InChI is InChI=1S/C17H20N2O3/c1-22-12-9-5-8-11-14(12)13(10-6-3-2-4-7-10)15(17(20)21)16(18)19-11/h5,8-10H,2-4,6-7H2,1H3,(H2,18,19)(H,20,21).